The predicted molar refractivity (Wildman–Crippen MR) is 97.7 cm³/mol. The quantitative estimate of drug-likeness (QED) is 0.743. The number of rotatable bonds is 4. The number of carbonyl (C=O) groups excluding carboxylic acids is 1. The van der Waals surface area contributed by atoms with Crippen LogP contribution in [-0.4, -0.2) is 17.7 Å². The highest BCUT2D eigenvalue weighted by Crippen LogP contribution is 2.44. The van der Waals surface area contributed by atoms with Crippen molar-refractivity contribution >= 4 is 29.2 Å². The van der Waals surface area contributed by atoms with Crippen LogP contribution in [0.3, 0.4) is 0 Å². The minimum Gasteiger partial charge on any atom is -0.462 e. The van der Waals surface area contributed by atoms with Crippen LogP contribution in [0.25, 0.3) is 0 Å². The van der Waals surface area contributed by atoms with Gasteiger partial charge in [0.1, 0.15) is 17.9 Å². The summed E-state index contributed by atoms with van der Waals surface area (Å²) in [6.45, 7) is 1.21. The molecule has 0 spiro atoms. The summed E-state index contributed by atoms with van der Waals surface area (Å²) in [6, 6.07) is 5.73. The Morgan fingerprint density at radius 3 is 2.74 bits per heavy atom. The standard InChI is InChI=1S/C18H15Cl2NO6/c1-2-25-18(24)14-13(10-5-8(19)3-4-11(10)20)16-15(27-17(14)21)12(23)6-9(7-22)26-16/h3-6,13,22H,2,7,21H2,1H3/t13-/m1/s1. The number of carbonyl (C=O) groups is 1. The fourth-order valence-corrected chi connectivity index (χ4v) is 3.22. The molecule has 142 valence electrons. The maximum Gasteiger partial charge on any atom is 0.340 e. The van der Waals surface area contributed by atoms with Gasteiger partial charge in [0, 0.05) is 16.1 Å². The molecule has 1 aliphatic heterocycles. The van der Waals surface area contributed by atoms with Crippen LogP contribution in [0.2, 0.25) is 10.0 Å². The van der Waals surface area contributed by atoms with Gasteiger partial charge in [-0.25, -0.2) is 4.79 Å². The van der Waals surface area contributed by atoms with Crippen molar-refractivity contribution in [3.05, 3.63) is 73.1 Å². The van der Waals surface area contributed by atoms with Gasteiger partial charge in [0.15, 0.2) is 5.76 Å². The second-order valence-electron chi connectivity index (χ2n) is 5.63. The number of hydrogen-bond donors (Lipinski definition) is 2. The third-order valence-electron chi connectivity index (χ3n) is 3.93. The topological polar surface area (TPSA) is 112 Å². The predicted octanol–water partition coefficient (Wildman–Crippen LogP) is 2.70. The first-order valence-electron chi connectivity index (χ1n) is 7.94. The van der Waals surface area contributed by atoms with Crippen LogP contribution >= 0.6 is 23.2 Å². The van der Waals surface area contributed by atoms with E-state index < -0.39 is 23.9 Å². The van der Waals surface area contributed by atoms with E-state index in [1.54, 1.807) is 19.1 Å². The summed E-state index contributed by atoms with van der Waals surface area (Å²) in [6.07, 6.45) is 0. The first-order chi connectivity index (χ1) is 12.9. The van der Waals surface area contributed by atoms with Crippen LogP contribution in [0, 0.1) is 0 Å². The van der Waals surface area contributed by atoms with Gasteiger partial charge in [0.2, 0.25) is 17.1 Å². The van der Waals surface area contributed by atoms with Crippen molar-refractivity contribution in [2.75, 3.05) is 6.61 Å². The van der Waals surface area contributed by atoms with Gasteiger partial charge in [0.05, 0.1) is 12.5 Å². The average Bonchev–Trinajstić information content (AvgIpc) is 2.63. The fraction of sp³-hybridized carbons (Fsp3) is 0.222. The van der Waals surface area contributed by atoms with E-state index in [2.05, 4.69) is 0 Å². The molecule has 0 fully saturated rings. The maximum absolute atomic E-state index is 12.6. The van der Waals surface area contributed by atoms with Crippen molar-refractivity contribution in [1.82, 2.24) is 0 Å². The summed E-state index contributed by atoms with van der Waals surface area (Å²) < 4.78 is 16.1. The lowest BCUT2D eigenvalue weighted by molar-refractivity contribution is -0.139. The van der Waals surface area contributed by atoms with E-state index in [0.717, 1.165) is 6.07 Å². The maximum atomic E-state index is 12.6. The molecule has 1 aromatic carbocycles. The number of hydrogen-bond acceptors (Lipinski definition) is 7. The summed E-state index contributed by atoms with van der Waals surface area (Å²) in [5.41, 5.74) is 5.67. The number of fused-ring (bicyclic) bond motifs is 1. The Morgan fingerprint density at radius 1 is 1.33 bits per heavy atom. The summed E-state index contributed by atoms with van der Waals surface area (Å²) in [5.74, 6) is -2.27. The zero-order valence-electron chi connectivity index (χ0n) is 14.1. The van der Waals surface area contributed by atoms with E-state index in [4.69, 9.17) is 42.8 Å². The normalized spacial score (nSPS) is 15.9. The molecule has 3 rings (SSSR count). The zero-order chi connectivity index (χ0) is 19.7. The third kappa shape index (κ3) is 3.53. The molecule has 1 aromatic heterocycles. The van der Waals surface area contributed by atoms with E-state index in [1.165, 1.54) is 6.07 Å². The molecule has 2 heterocycles. The molecular weight excluding hydrogens is 397 g/mol. The number of nitrogens with two attached hydrogens (primary N) is 1. The molecule has 27 heavy (non-hydrogen) atoms. The minimum absolute atomic E-state index is 0.00539. The summed E-state index contributed by atoms with van der Waals surface area (Å²) >= 11 is 12.4. The van der Waals surface area contributed by atoms with E-state index in [9.17, 15) is 14.7 Å². The molecule has 0 unspecified atom stereocenters. The second-order valence-corrected chi connectivity index (χ2v) is 6.47. The first kappa shape index (κ1) is 19.3. The lowest BCUT2D eigenvalue weighted by Crippen LogP contribution is -2.30. The van der Waals surface area contributed by atoms with E-state index >= 15 is 0 Å². The van der Waals surface area contributed by atoms with Gasteiger partial charge in [-0.1, -0.05) is 23.2 Å². The Bertz CT molecular complexity index is 998. The van der Waals surface area contributed by atoms with Crippen LogP contribution in [0.4, 0.5) is 0 Å². The Labute approximate surface area is 163 Å². The van der Waals surface area contributed by atoms with Crippen molar-refractivity contribution in [2.24, 2.45) is 5.73 Å². The molecule has 0 bridgehead atoms. The van der Waals surface area contributed by atoms with E-state index in [-0.39, 0.29) is 40.4 Å². The Morgan fingerprint density at radius 2 is 2.07 bits per heavy atom. The third-order valence-corrected chi connectivity index (χ3v) is 4.51. The number of aliphatic hydroxyl groups is 1. The lowest BCUT2D eigenvalue weighted by atomic mass is 9.86. The summed E-state index contributed by atoms with van der Waals surface area (Å²) in [5, 5.41) is 10.0. The van der Waals surface area contributed by atoms with Crippen LogP contribution in [0.15, 0.2) is 44.9 Å². The van der Waals surface area contributed by atoms with Crippen LogP contribution in [0.5, 0.6) is 5.75 Å². The Kier molecular flexibility index (Phi) is 5.46. The van der Waals surface area contributed by atoms with Crippen molar-refractivity contribution in [1.29, 1.82) is 0 Å². The average molecular weight is 412 g/mol. The molecule has 2 aromatic rings. The number of halogens is 2. The van der Waals surface area contributed by atoms with Crippen molar-refractivity contribution < 1.29 is 23.8 Å². The van der Waals surface area contributed by atoms with Gasteiger partial charge >= 0.3 is 5.97 Å². The van der Waals surface area contributed by atoms with Crippen molar-refractivity contribution in [3.8, 4) is 5.75 Å². The van der Waals surface area contributed by atoms with Gasteiger partial charge < -0.3 is 24.7 Å². The molecular formula is C18H15Cl2NO6. The van der Waals surface area contributed by atoms with Crippen LogP contribution in [-0.2, 0) is 16.1 Å². The largest absolute Gasteiger partial charge is 0.462 e. The van der Waals surface area contributed by atoms with Gasteiger partial charge in [-0.2, -0.15) is 0 Å². The molecule has 0 radical (unpaired) electrons. The van der Waals surface area contributed by atoms with Gasteiger partial charge in [-0.15, -0.1) is 0 Å². The second kappa shape index (κ2) is 7.64. The molecule has 7 nitrogen and oxygen atoms in total. The number of esters is 1. The molecule has 0 amide bonds. The summed E-state index contributed by atoms with van der Waals surface area (Å²) in [7, 11) is 0. The molecule has 1 atom stereocenters. The molecule has 0 saturated carbocycles. The van der Waals surface area contributed by atoms with Crippen molar-refractivity contribution in [2.45, 2.75) is 19.4 Å². The fourth-order valence-electron chi connectivity index (χ4n) is 2.82. The highest BCUT2D eigenvalue weighted by molar-refractivity contribution is 6.33. The smallest absolute Gasteiger partial charge is 0.340 e. The SMILES string of the molecule is CCOC(=O)C1=C(N)Oc2c(oc(CO)cc2=O)[C@@H]1c1cc(Cl)ccc1Cl. The van der Waals surface area contributed by atoms with Crippen molar-refractivity contribution in [3.63, 3.8) is 0 Å². The highest BCUT2D eigenvalue weighted by atomic mass is 35.5. The van der Waals surface area contributed by atoms with Gasteiger partial charge in [-0.3, -0.25) is 4.79 Å². The highest BCUT2D eigenvalue weighted by Gasteiger charge is 2.40. The summed E-state index contributed by atoms with van der Waals surface area (Å²) in [4.78, 5) is 24.9. The van der Waals surface area contributed by atoms with Crippen LogP contribution < -0.4 is 15.9 Å². The number of benzene rings is 1. The van der Waals surface area contributed by atoms with Gasteiger partial charge in [0.25, 0.3) is 0 Å². The van der Waals surface area contributed by atoms with E-state index in [1.807, 2.05) is 0 Å². The monoisotopic (exact) mass is 411 g/mol. The molecule has 0 saturated heterocycles. The number of ether oxygens (including phenoxy) is 2. The van der Waals surface area contributed by atoms with Crippen LogP contribution in [0.1, 0.15) is 29.9 Å². The Balaban J connectivity index is 2.33. The molecule has 3 N–H and O–H groups in total. The molecule has 0 aliphatic carbocycles. The van der Waals surface area contributed by atoms with E-state index in [0.29, 0.717) is 10.6 Å². The Hall–Kier alpha value is -2.48. The molecule has 1 aliphatic rings. The number of aliphatic hydroxyl groups excluding tert-OH is 1. The lowest BCUT2D eigenvalue weighted by Gasteiger charge is -2.27. The first-order valence-corrected chi connectivity index (χ1v) is 8.70. The minimum atomic E-state index is -1.00. The molecule has 9 heteroatoms. The zero-order valence-corrected chi connectivity index (χ0v) is 15.6. The van der Waals surface area contributed by atoms with Gasteiger partial charge in [-0.05, 0) is 30.7 Å².